The van der Waals surface area contributed by atoms with Crippen molar-refractivity contribution < 1.29 is 19.8 Å². The summed E-state index contributed by atoms with van der Waals surface area (Å²) in [5.74, 6) is -1.93. The molecule has 0 aromatic heterocycles. The van der Waals surface area contributed by atoms with E-state index in [0.717, 1.165) is 4.90 Å². The molecule has 0 saturated carbocycles. The van der Waals surface area contributed by atoms with Gasteiger partial charge in [0, 0.05) is 13.0 Å². The summed E-state index contributed by atoms with van der Waals surface area (Å²) >= 11 is 0. The summed E-state index contributed by atoms with van der Waals surface area (Å²) in [6.45, 7) is 1.70. The van der Waals surface area contributed by atoms with Gasteiger partial charge in [0.25, 0.3) is 0 Å². The van der Waals surface area contributed by atoms with E-state index in [1.807, 2.05) is 0 Å². The van der Waals surface area contributed by atoms with Crippen molar-refractivity contribution in [2.75, 3.05) is 6.54 Å². The summed E-state index contributed by atoms with van der Waals surface area (Å²) in [6, 6.07) is -0.793. The zero-order valence-corrected chi connectivity index (χ0v) is 7.93. The second kappa shape index (κ2) is 3.55. The molecule has 1 aliphatic rings. The van der Waals surface area contributed by atoms with E-state index in [1.165, 1.54) is 6.92 Å². The maximum absolute atomic E-state index is 11.4. The van der Waals surface area contributed by atoms with Crippen molar-refractivity contribution >= 4 is 11.9 Å². The van der Waals surface area contributed by atoms with Crippen LogP contribution in [0.1, 0.15) is 19.8 Å². The number of hydrogen-bond acceptors (Lipinski definition) is 4. The zero-order chi connectivity index (χ0) is 10.9. The molecule has 1 heterocycles. The first-order valence-corrected chi connectivity index (χ1v) is 4.42. The van der Waals surface area contributed by atoms with E-state index in [2.05, 4.69) is 0 Å². The molecule has 6 nitrogen and oxygen atoms in total. The van der Waals surface area contributed by atoms with Crippen LogP contribution in [-0.2, 0) is 9.59 Å². The van der Waals surface area contributed by atoms with Crippen LogP contribution >= 0.6 is 0 Å². The summed E-state index contributed by atoms with van der Waals surface area (Å²) in [4.78, 5) is 23.1. The Labute approximate surface area is 81.3 Å². The van der Waals surface area contributed by atoms with Gasteiger partial charge in [0.1, 0.15) is 0 Å². The second-order valence-electron chi connectivity index (χ2n) is 3.50. The van der Waals surface area contributed by atoms with Crippen molar-refractivity contribution in [2.45, 2.75) is 31.5 Å². The van der Waals surface area contributed by atoms with Gasteiger partial charge < -0.3 is 20.8 Å². The molecule has 0 aromatic rings. The van der Waals surface area contributed by atoms with Crippen LogP contribution in [0, 0.1) is 0 Å². The van der Waals surface area contributed by atoms with Crippen LogP contribution in [0.5, 0.6) is 0 Å². The maximum atomic E-state index is 11.4. The Morgan fingerprint density at radius 3 is 2.57 bits per heavy atom. The van der Waals surface area contributed by atoms with Gasteiger partial charge in [0.05, 0.1) is 6.04 Å². The molecule has 1 saturated heterocycles. The fraction of sp³-hybridized carbons (Fsp3) is 0.750. The number of rotatable bonds is 2. The quantitative estimate of drug-likeness (QED) is 0.518. The largest absolute Gasteiger partial charge is 0.478 e. The molecule has 2 atom stereocenters. The Balaban J connectivity index is 2.89. The lowest BCUT2D eigenvalue weighted by molar-refractivity contribution is -0.182. The van der Waals surface area contributed by atoms with Gasteiger partial charge in [-0.25, -0.2) is 4.79 Å². The summed E-state index contributed by atoms with van der Waals surface area (Å²) in [5, 5.41) is 18.5. The highest BCUT2D eigenvalue weighted by Gasteiger charge is 2.48. The first kappa shape index (κ1) is 10.9. The smallest absolute Gasteiger partial charge is 0.357 e. The van der Waals surface area contributed by atoms with Gasteiger partial charge in [-0.2, -0.15) is 0 Å². The molecule has 1 aliphatic heterocycles. The highest BCUT2D eigenvalue weighted by molar-refractivity contribution is 5.88. The fourth-order valence-corrected chi connectivity index (χ4v) is 1.56. The zero-order valence-electron chi connectivity index (χ0n) is 7.93. The first-order chi connectivity index (χ1) is 6.39. The van der Waals surface area contributed by atoms with E-state index in [4.69, 9.17) is 10.8 Å². The van der Waals surface area contributed by atoms with Crippen LogP contribution in [0.15, 0.2) is 0 Å². The number of carboxylic acid groups (broad SMARTS) is 1. The summed E-state index contributed by atoms with van der Waals surface area (Å²) < 4.78 is 0. The second-order valence-corrected chi connectivity index (χ2v) is 3.50. The Kier molecular flexibility index (Phi) is 2.77. The van der Waals surface area contributed by atoms with Gasteiger partial charge in [0.15, 0.2) is 0 Å². The molecule has 0 bridgehead atoms. The molecular formula is C8H14N2O4. The molecule has 6 heteroatoms. The van der Waals surface area contributed by atoms with Crippen molar-refractivity contribution in [1.82, 2.24) is 4.90 Å². The Bertz CT molecular complexity index is 266. The molecule has 1 rings (SSSR count). The van der Waals surface area contributed by atoms with Gasteiger partial charge in [-0.3, -0.25) is 4.79 Å². The summed E-state index contributed by atoms with van der Waals surface area (Å²) in [6.07, 6.45) is 0.530. The fourth-order valence-electron chi connectivity index (χ4n) is 1.56. The number of hydrogen-bond donors (Lipinski definition) is 3. The van der Waals surface area contributed by atoms with Gasteiger partial charge in [-0.05, 0) is 13.3 Å². The molecule has 1 amide bonds. The third kappa shape index (κ3) is 1.58. The van der Waals surface area contributed by atoms with Gasteiger partial charge in [0.2, 0.25) is 11.6 Å². The monoisotopic (exact) mass is 202 g/mol. The molecule has 0 aliphatic carbocycles. The lowest BCUT2D eigenvalue weighted by Gasteiger charge is -2.30. The van der Waals surface area contributed by atoms with E-state index in [-0.39, 0.29) is 13.0 Å². The molecule has 2 unspecified atom stereocenters. The van der Waals surface area contributed by atoms with Crippen LogP contribution in [0.25, 0.3) is 0 Å². The average Bonchev–Trinajstić information content (AvgIpc) is 2.47. The number of aliphatic hydroxyl groups is 1. The van der Waals surface area contributed by atoms with Crippen LogP contribution in [0.2, 0.25) is 0 Å². The minimum Gasteiger partial charge on any atom is -0.478 e. The Morgan fingerprint density at radius 2 is 2.14 bits per heavy atom. The molecule has 0 aromatic carbocycles. The predicted octanol–water partition coefficient (Wildman–Crippen LogP) is -1.27. The van der Waals surface area contributed by atoms with E-state index in [1.54, 1.807) is 0 Å². The molecule has 4 N–H and O–H groups in total. The summed E-state index contributed by atoms with van der Waals surface area (Å²) in [7, 11) is 0. The van der Waals surface area contributed by atoms with E-state index in [9.17, 15) is 14.7 Å². The van der Waals surface area contributed by atoms with Crippen LogP contribution in [0.4, 0.5) is 0 Å². The minimum absolute atomic E-state index is 0.0563. The van der Waals surface area contributed by atoms with Crippen molar-refractivity contribution in [3.05, 3.63) is 0 Å². The number of amides is 1. The number of nitrogens with zero attached hydrogens (tertiary/aromatic N) is 1. The molecule has 0 radical (unpaired) electrons. The number of likely N-dealkylation sites (tertiary alicyclic amines) is 1. The SMILES string of the molecule is CC(N)C(=O)N1CCCC1(O)C(=O)O. The van der Waals surface area contributed by atoms with Crippen LogP contribution in [0.3, 0.4) is 0 Å². The third-order valence-corrected chi connectivity index (χ3v) is 2.35. The van der Waals surface area contributed by atoms with Crippen molar-refractivity contribution in [3.63, 3.8) is 0 Å². The number of carbonyl (C=O) groups excluding carboxylic acids is 1. The molecule has 1 fully saturated rings. The minimum atomic E-state index is -2.06. The lowest BCUT2D eigenvalue weighted by atomic mass is 10.1. The van der Waals surface area contributed by atoms with Crippen LogP contribution < -0.4 is 5.73 Å². The predicted molar refractivity (Wildman–Crippen MR) is 47.2 cm³/mol. The molecule has 14 heavy (non-hydrogen) atoms. The van der Waals surface area contributed by atoms with E-state index in [0.29, 0.717) is 6.42 Å². The number of carboxylic acids is 1. The van der Waals surface area contributed by atoms with Crippen LogP contribution in [-0.4, -0.2) is 45.3 Å². The van der Waals surface area contributed by atoms with Crippen molar-refractivity contribution in [1.29, 1.82) is 0 Å². The number of aliphatic carboxylic acids is 1. The summed E-state index contributed by atoms with van der Waals surface area (Å²) in [5.41, 5.74) is 3.28. The lowest BCUT2D eigenvalue weighted by Crippen LogP contribution is -2.56. The van der Waals surface area contributed by atoms with Gasteiger partial charge >= 0.3 is 5.97 Å². The Hall–Kier alpha value is -1.14. The normalized spacial score (nSPS) is 28.9. The topological polar surface area (TPSA) is 104 Å². The van der Waals surface area contributed by atoms with Crippen molar-refractivity contribution in [3.8, 4) is 0 Å². The number of nitrogens with two attached hydrogens (primary N) is 1. The highest BCUT2D eigenvalue weighted by atomic mass is 16.4. The highest BCUT2D eigenvalue weighted by Crippen LogP contribution is 2.27. The Morgan fingerprint density at radius 1 is 1.57 bits per heavy atom. The standard InChI is InChI=1S/C8H14N2O4/c1-5(9)6(11)10-4-2-3-8(10,14)7(12)13/h5,14H,2-4,9H2,1H3,(H,12,13). The van der Waals surface area contributed by atoms with E-state index >= 15 is 0 Å². The maximum Gasteiger partial charge on any atom is 0.357 e. The van der Waals surface area contributed by atoms with Gasteiger partial charge in [-0.15, -0.1) is 0 Å². The first-order valence-electron chi connectivity index (χ1n) is 4.42. The molecule has 80 valence electrons. The molecular weight excluding hydrogens is 188 g/mol. The third-order valence-electron chi connectivity index (χ3n) is 2.35. The molecule has 0 spiro atoms. The average molecular weight is 202 g/mol. The van der Waals surface area contributed by atoms with Gasteiger partial charge in [-0.1, -0.05) is 0 Å². The number of carbonyl (C=O) groups is 2. The van der Waals surface area contributed by atoms with Crippen molar-refractivity contribution in [2.24, 2.45) is 5.73 Å². The van der Waals surface area contributed by atoms with E-state index < -0.39 is 23.6 Å².